The molecular weight excluding hydrogens is 395 g/mol. The average molecular weight is 407 g/mol. The quantitative estimate of drug-likeness (QED) is 0.602. The van der Waals surface area contributed by atoms with E-state index in [1.165, 1.54) is 7.05 Å². The van der Waals surface area contributed by atoms with Gasteiger partial charge in [-0.25, -0.2) is 0 Å². The minimum absolute atomic E-state index is 0.224. The van der Waals surface area contributed by atoms with Crippen molar-refractivity contribution in [1.82, 2.24) is 10.2 Å². The third-order valence-corrected chi connectivity index (χ3v) is 4.71. The molecule has 0 aliphatic carbocycles. The fraction of sp³-hybridized carbons (Fsp3) is 0.308. The van der Waals surface area contributed by atoms with E-state index in [2.05, 4.69) is 27.9 Å². The molecule has 1 heterocycles. The highest BCUT2D eigenvalue weighted by Crippen LogP contribution is 2.20. The van der Waals surface area contributed by atoms with Crippen molar-refractivity contribution < 1.29 is 14.4 Å². The molecule has 1 unspecified atom stereocenters. The van der Waals surface area contributed by atoms with Gasteiger partial charge in [-0.3, -0.25) is 19.3 Å². The Morgan fingerprint density at radius 1 is 1.45 bits per heavy atom. The highest BCUT2D eigenvalue weighted by molar-refractivity contribution is 14.1. The first-order valence-electron chi connectivity index (χ1n) is 5.96. The van der Waals surface area contributed by atoms with Crippen LogP contribution in [-0.4, -0.2) is 35.7 Å². The predicted molar refractivity (Wildman–Crippen MR) is 82.4 cm³/mol. The molecule has 3 amide bonds. The second-order valence-corrected chi connectivity index (χ2v) is 6.05. The normalized spacial score (nSPS) is 19.1. The van der Waals surface area contributed by atoms with Crippen molar-refractivity contribution in [2.75, 3.05) is 7.05 Å². The van der Waals surface area contributed by atoms with Crippen LogP contribution in [0, 0.1) is 3.57 Å². The van der Waals surface area contributed by atoms with Crippen LogP contribution in [0.1, 0.15) is 23.2 Å². The molecule has 1 saturated heterocycles. The van der Waals surface area contributed by atoms with Gasteiger partial charge in [0.25, 0.3) is 11.8 Å². The van der Waals surface area contributed by atoms with Crippen LogP contribution in [0.4, 0.5) is 0 Å². The maximum Gasteiger partial charge on any atom is 0.251 e. The predicted octanol–water partition coefficient (Wildman–Crippen LogP) is 1.82. The molecule has 0 bridgehead atoms. The lowest BCUT2D eigenvalue weighted by molar-refractivity contribution is -0.147. The molecule has 1 aliphatic heterocycles. The van der Waals surface area contributed by atoms with Crippen molar-refractivity contribution in [2.45, 2.75) is 18.9 Å². The zero-order chi connectivity index (χ0) is 14.9. The fourth-order valence-electron chi connectivity index (χ4n) is 1.93. The molecule has 5 nitrogen and oxygen atoms in total. The number of carbonyl (C=O) groups is 3. The van der Waals surface area contributed by atoms with Gasteiger partial charge in [0.1, 0.15) is 6.04 Å². The number of hydrogen-bond donors (Lipinski definition) is 1. The molecule has 1 aromatic rings. The van der Waals surface area contributed by atoms with Crippen LogP contribution < -0.4 is 5.32 Å². The number of likely N-dealkylation sites (N-methyl/N-ethyl adjacent to an activating group) is 1. The summed E-state index contributed by atoms with van der Waals surface area (Å²) in [7, 11) is 1.42. The van der Waals surface area contributed by atoms with Crippen LogP contribution >= 0.6 is 34.2 Å². The van der Waals surface area contributed by atoms with Crippen LogP contribution in [-0.2, 0) is 9.59 Å². The van der Waals surface area contributed by atoms with E-state index < -0.39 is 6.04 Å². The molecule has 2 rings (SSSR count). The third kappa shape index (κ3) is 3.12. The summed E-state index contributed by atoms with van der Waals surface area (Å²) in [5.74, 6) is -0.978. The lowest BCUT2D eigenvalue weighted by Gasteiger charge is -2.28. The summed E-state index contributed by atoms with van der Waals surface area (Å²) >= 11 is 8.03. The number of carbonyl (C=O) groups excluding carboxylic acids is 3. The van der Waals surface area contributed by atoms with Crippen LogP contribution in [0.2, 0.25) is 5.02 Å². The summed E-state index contributed by atoms with van der Waals surface area (Å²) in [5.41, 5.74) is 0.391. The van der Waals surface area contributed by atoms with Crippen molar-refractivity contribution in [3.05, 3.63) is 32.4 Å². The van der Waals surface area contributed by atoms with Gasteiger partial charge in [-0.1, -0.05) is 11.6 Å². The highest BCUT2D eigenvalue weighted by atomic mass is 127. The fourth-order valence-corrected chi connectivity index (χ4v) is 2.44. The number of hydrogen-bond acceptors (Lipinski definition) is 3. The smallest absolute Gasteiger partial charge is 0.251 e. The number of rotatable bonds is 2. The Bertz CT molecular complexity index is 591. The number of benzene rings is 1. The third-order valence-electron chi connectivity index (χ3n) is 3.14. The average Bonchev–Trinajstić information content (AvgIpc) is 2.42. The molecule has 0 aromatic heterocycles. The van der Waals surface area contributed by atoms with Gasteiger partial charge < -0.3 is 5.32 Å². The molecule has 106 valence electrons. The van der Waals surface area contributed by atoms with Crippen molar-refractivity contribution in [3.63, 3.8) is 0 Å². The molecular formula is C13H12ClIN2O3. The molecule has 0 radical (unpaired) electrons. The topological polar surface area (TPSA) is 66.5 Å². The van der Waals surface area contributed by atoms with Crippen molar-refractivity contribution in [3.8, 4) is 0 Å². The summed E-state index contributed by atoms with van der Waals surface area (Å²) in [4.78, 5) is 36.4. The number of amides is 3. The summed E-state index contributed by atoms with van der Waals surface area (Å²) in [6, 6.07) is 4.27. The van der Waals surface area contributed by atoms with Gasteiger partial charge in [-0.2, -0.15) is 0 Å². The lowest BCUT2D eigenvalue weighted by atomic mass is 10.0. The van der Waals surface area contributed by atoms with E-state index in [-0.39, 0.29) is 24.1 Å². The zero-order valence-corrected chi connectivity index (χ0v) is 13.6. The Labute approximate surface area is 134 Å². The Balaban J connectivity index is 2.09. The number of nitrogens with one attached hydrogen (secondary N) is 1. The SMILES string of the molecule is CN1C(=O)CCC(NC(=O)c2ccc(I)c(Cl)c2)C1=O. The first-order valence-corrected chi connectivity index (χ1v) is 7.42. The van der Waals surface area contributed by atoms with Crippen LogP contribution in [0.15, 0.2) is 18.2 Å². The maximum absolute atomic E-state index is 12.1. The second-order valence-electron chi connectivity index (χ2n) is 4.48. The molecule has 1 aromatic carbocycles. The molecule has 1 N–H and O–H groups in total. The second kappa shape index (κ2) is 6.09. The van der Waals surface area contributed by atoms with Gasteiger partial charge in [0.05, 0.1) is 5.02 Å². The van der Waals surface area contributed by atoms with Gasteiger partial charge in [0, 0.05) is 22.6 Å². The van der Waals surface area contributed by atoms with E-state index in [9.17, 15) is 14.4 Å². The van der Waals surface area contributed by atoms with Crippen LogP contribution in [0.25, 0.3) is 0 Å². The first kappa shape index (κ1) is 15.2. The van der Waals surface area contributed by atoms with Crippen LogP contribution in [0.3, 0.4) is 0 Å². The number of imide groups is 1. The first-order chi connectivity index (χ1) is 9.40. The van der Waals surface area contributed by atoms with Crippen LogP contribution in [0.5, 0.6) is 0 Å². The van der Waals surface area contributed by atoms with E-state index in [0.29, 0.717) is 17.0 Å². The summed E-state index contributed by atoms with van der Waals surface area (Å²) in [5, 5.41) is 3.13. The highest BCUT2D eigenvalue weighted by Gasteiger charge is 2.32. The van der Waals surface area contributed by atoms with Crippen molar-refractivity contribution in [2.24, 2.45) is 0 Å². The minimum Gasteiger partial charge on any atom is -0.340 e. The zero-order valence-electron chi connectivity index (χ0n) is 10.7. The maximum atomic E-state index is 12.1. The van der Waals surface area contributed by atoms with E-state index >= 15 is 0 Å². The molecule has 1 atom stereocenters. The number of halogens is 2. The van der Waals surface area contributed by atoms with Gasteiger partial charge in [0.15, 0.2) is 0 Å². The van der Waals surface area contributed by atoms with Crippen molar-refractivity contribution >= 4 is 51.9 Å². The Morgan fingerprint density at radius 3 is 2.80 bits per heavy atom. The molecule has 20 heavy (non-hydrogen) atoms. The summed E-state index contributed by atoms with van der Waals surface area (Å²) < 4.78 is 0.847. The summed E-state index contributed by atoms with van der Waals surface area (Å²) in [6.07, 6.45) is 0.576. The number of piperidine rings is 1. The van der Waals surface area contributed by atoms with Crippen molar-refractivity contribution in [1.29, 1.82) is 0 Å². The molecule has 1 fully saturated rings. The monoisotopic (exact) mass is 406 g/mol. The molecule has 1 aliphatic rings. The van der Waals surface area contributed by atoms with Gasteiger partial charge in [0.2, 0.25) is 5.91 Å². The largest absolute Gasteiger partial charge is 0.340 e. The van der Waals surface area contributed by atoms with E-state index in [4.69, 9.17) is 11.6 Å². The minimum atomic E-state index is -0.664. The standard InChI is InChI=1S/C13H12ClIN2O3/c1-17-11(18)5-4-10(13(17)20)16-12(19)7-2-3-9(15)8(14)6-7/h2-3,6,10H,4-5H2,1H3,(H,16,19). The van der Waals surface area contributed by atoms with Gasteiger partial charge in [-0.15, -0.1) is 0 Å². The molecule has 7 heteroatoms. The van der Waals surface area contributed by atoms with Gasteiger partial charge >= 0.3 is 0 Å². The van der Waals surface area contributed by atoms with E-state index in [0.717, 1.165) is 8.47 Å². The number of nitrogens with zero attached hydrogens (tertiary/aromatic N) is 1. The van der Waals surface area contributed by atoms with E-state index in [1.807, 2.05) is 0 Å². The Kier molecular flexibility index (Phi) is 4.64. The van der Waals surface area contributed by atoms with E-state index in [1.54, 1.807) is 18.2 Å². The Hall–Kier alpha value is -1.15. The molecule has 0 spiro atoms. The summed E-state index contributed by atoms with van der Waals surface area (Å²) in [6.45, 7) is 0. The van der Waals surface area contributed by atoms with Gasteiger partial charge in [-0.05, 0) is 47.2 Å². The molecule has 0 saturated carbocycles. The number of likely N-dealkylation sites (tertiary alicyclic amines) is 1. The Morgan fingerprint density at radius 2 is 2.15 bits per heavy atom. The lowest BCUT2D eigenvalue weighted by Crippen LogP contribution is -2.52.